The van der Waals surface area contributed by atoms with Crippen molar-refractivity contribution in [3.05, 3.63) is 45.8 Å². The molecule has 0 aliphatic carbocycles. The van der Waals surface area contributed by atoms with Crippen LogP contribution in [0.1, 0.15) is 5.56 Å². The molecule has 0 bridgehead atoms. The van der Waals surface area contributed by atoms with Crippen LogP contribution in [-0.2, 0) is 11.3 Å². The maximum atomic E-state index is 13.0. The molecule has 0 unspecified atom stereocenters. The molecule has 6 heteroatoms. The normalized spacial score (nSPS) is 9.67. The van der Waals surface area contributed by atoms with Crippen molar-refractivity contribution in [3.8, 4) is 0 Å². The van der Waals surface area contributed by atoms with Gasteiger partial charge in [-0.2, -0.15) is 0 Å². The quantitative estimate of drug-likeness (QED) is 0.590. The minimum absolute atomic E-state index is 0.0423. The molecule has 15 heavy (non-hydrogen) atoms. The summed E-state index contributed by atoms with van der Waals surface area (Å²) >= 11 is 0. The fourth-order valence-electron chi connectivity index (χ4n) is 1.01. The van der Waals surface area contributed by atoms with Gasteiger partial charge < -0.3 is 5.32 Å². The molecule has 5 nitrogen and oxygen atoms in total. The number of nitrogens with one attached hydrogen (secondary N) is 1. The third-order valence-corrected chi connectivity index (χ3v) is 1.71. The van der Waals surface area contributed by atoms with Crippen LogP contribution >= 0.6 is 0 Å². The van der Waals surface area contributed by atoms with E-state index in [1.165, 1.54) is 18.2 Å². The van der Waals surface area contributed by atoms with Crippen LogP contribution in [0, 0.1) is 15.9 Å². The fraction of sp³-hybridized carbons (Fsp3) is 0.222. The molecule has 0 saturated carbocycles. The summed E-state index contributed by atoms with van der Waals surface area (Å²) < 4.78 is 13.0. The molecule has 0 aliphatic rings. The van der Waals surface area contributed by atoms with E-state index in [0.717, 1.165) is 0 Å². The number of nitro groups is 1. The van der Waals surface area contributed by atoms with Crippen molar-refractivity contribution < 1.29 is 14.1 Å². The standard InChI is InChI=1S/C9H9FN2O3/c10-8-4-2-1-3-7(8)5-11-9(13)6-12(14)15/h1-4H,5-6H2,(H,11,13). The van der Waals surface area contributed by atoms with Crippen molar-refractivity contribution in [3.63, 3.8) is 0 Å². The summed E-state index contributed by atoms with van der Waals surface area (Å²) in [5.74, 6) is -1.18. The Labute approximate surface area is 85.1 Å². The summed E-state index contributed by atoms with van der Waals surface area (Å²) in [6.45, 7) is -0.839. The SMILES string of the molecule is O=C(C[N+](=O)[O-])NCc1ccccc1F. The number of rotatable bonds is 4. The number of hydrogen-bond donors (Lipinski definition) is 1. The predicted octanol–water partition coefficient (Wildman–Crippen LogP) is 0.719. The summed E-state index contributed by atoms with van der Waals surface area (Å²) in [7, 11) is 0. The number of hydrogen-bond acceptors (Lipinski definition) is 3. The van der Waals surface area contributed by atoms with Crippen molar-refractivity contribution in [2.45, 2.75) is 6.54 Å². The summed E-state index contributed by atoms with van der Waals surface area (Å²) in [6.07, 6.45) is 0. The lowest BCUT2D eigenvalue weighted by molar-refractivity contribution is -0.467. The van der Waals surface area contributed by atoms with E-state index in [4.69, 9.17) is 0 Å². The van der Waals surface area contributed by atoms with Crippen LogP contribution in [0.2, 0.25) is 0 Å². The van der Waals surface area contributed by atoms with Crippen LogP contribution in [-0.4, -0.2) is 17.4 Å². The molecule has 1 amide bonds. The Kier molecular flexibility index (Phi) is 3.73. The summed E-state index contributed by atoms with van der Waals surface area (Å²) in [6, 6.07) is 5.91. The molecule has 0 heterocycles. The lowest BCUT2D eigenvalue weighted by atomic mass is 10.2. The van der Waals surface area contributed by atoms with Gasteiger partial charge in [-0.1, -0.05) is 18.2 Å². The molecule has 0 aromatic heterocycles. The molecule has 1 aromatic rings. The van der Waals surface area contributed by atoms with Crippen LogP contribution in [0.5, 0.6) is 0 Å². The molecule has 1 N–H and O–H groups in total. The second kappa shape index (κ2) is 5.04. The van der Waals surface area contributed by atoms with Gasteiger partial charge in [-0.3, -0.25) is 14.9 Å². The Balaban J connectivity index is 2.47. The smallest absolute Gasteiger partial charge is 0.292 e. The molecule has 0 fully saturated rings. The first-order chi connectivity index (χ1) is 7.09. The summed E-state index contributed by atoms with van der Waals surface area (Å²) in [5, 5.41) is 12.2. The number of halogens is 1. The van der Waals surface area contributed by atoms with Crippen LogP contribution in [0.25, 0.3) is 0 Å². The van der Waals surface area contributed by atoms with Gasteiger partial charge in [-0.25, -0.2) is 4.39 Å². The van der Waals surface area contributed by atoms with E-state index in [1.54, 1.807) is 6.07 Å². The van der Waals surface area contributed by atoms with Gasteiger partial charge in [0.2, 0.25) is 0 Å². The van der Waals surface area contributed by atoms with E-state index in [2.05, 4.69) is 5.32 Å². The van der Waals surface area contributed by atoms with E-state index in [-0.39, 0.29) is 6.54 Å². The van der Waals surface area contributed by atoms with E-state index in [0.29, 0.717) is 5.56 Å². The number of benzene rings is 1. The van der Waals surface area contributed by atoms with Gasteiger partial charge in [0.25, 0.3) is 12.5 Å². The maximum Gasteiger partial charge on any atom is 0.292 e. The lowest BCUT2D eigenvalue weighted by Gasteiger charge is -2.03. The highest BCUT2D eigenvalue weighted by atomic mass is 19.1. The van der Waals surface area contributed by atoms with E-state index < -0.39 is 23.2 Å². The van der Waals surface area contributed by atoms with Gasteiger partial charge in [0.15, 0.2) is 0 Å². The Morgan fingerprint density at radius 3 is 2.73 bits per heavy atom. The Hall–Kier alpha value is -1.98. The zero-order chi connectivity index (χ0) is 11.3. The summed E-state index contributed by atoms with van der Waals surface area (Å²) in [5.41, 5.74) is 0.300. The molecule has 0 atom stereocenters. The topological polar surface area (TPSA) is 72.2 Å². The van der Waals surface area contributed by atoms with Crippen molar-refractivity contribution in [1.29, 1.82) is 0 Å². The van der Waals surface area contributed by atoms with Gasteiger partial charge in [-0.15, -0.1) is 0 Å². The molecule has 0 saturated heterocycles. The van der Waals surface area contributed by atoms with Gasteiger partial charge >= 0.3 is 0 Å². The number of carbonyl (C=O) groups is 1. The highest BCUT2D eigenvalue weighted by Gasteiger charge is 2.09. The van der Waals surface area contributed by atoms with Gasteiger partial charge in [0.05, 0.1) is 0 Å². The molecular weight excluding hydrogens is 203 g/mol. The van der Waals surface area contributed by atoms with E-state index >= 15 is 0 Å². The molecule has 0 aliphatic heterocycles. The molecular formula is C9H9FN2O3. The molecule has 80 valence electrons. The minimum Gasteiger partial charge on any atom is -0.346 e. The number of nitrogens with zero attached hydrogens (tertiary/aromatic N) is 1. The lowest BCUT2D eigenvalue weighted by Crippen LogP contribution is -2.29. The van der Waals surface area contributed by atoms with Crippen LogP contribution in [0.15, 0.2) is 24.3 Å². The Bertz CT molecular complexity index is 381. The first-order valence-electron chi connectivity index (χ1n) is 4.21. The second-order valence-corrected chi connectivity index (χ2v) is 2.86. The van der Waals surface area contributed by atoms with Gasteiger partial charge in [0.1, 0.15) is 5.82 Å². The molecule has 0 radical (unpaired) electrons. The van der Waals surface area contributed by atoms with E-state index in [1.807, 2.05) is 0 Å². The molecule has 1 aromatic carbocycles. The monoisotopic (exact) mass is 212 g/mol. The van der Waals surface area contributed by atoms with Gasteiger partial charge in [0, 0.05) is 17.0 Å². The van der Waals surface area contributed by atoms with E-state index in [9.17, 15) is 19.3 Å². The number of carbonyl (C=O) groups excluding carboxylic acids is 1. The average Bonchev–Trinajstić information content (AvgIpc) is 2.15. The molecule has 0 spiro atoms. The fourth-order valence-corrected chi connectivity index (χ4v) is 1.01. The zero-order valence-corrected chi connectivity index (χ0v) is 7.77. The third-order valence-electron chi connectivity index (χ3n) is 1.71. The third kappa shape index (κ3) is 3.72. The highest BCUT2D eigenvalue weighted by molar-refractivity contribution is 5.76. The van der Waals surface area contributed by atoms with Crippen LogP contribution in [0.3, 0.4) is 0 Å². The summed E-state index contributed by atoms with van der Waals surface area (Å²) in [4.78, 5) is 20.1. The zero-order valence-electron chi connectivity index (χ0n) is 7.77. The van der Waals surface area contributed by atoms with Crippen molar-refractivity contribution in [1.82, 2.24) is 5.32 Å². The predicted molar refractivity (Wildman–Crippen MR) is 50.1 cm³/mol. The van der Waals surface area contributed by atoms with Crippen molar-refractivity contribution >= 4 is 5.91 Å². The number of amides is 1. The maximum absolute atomic E-state index is 13.0. The largest absolute Gasteiger partial charge is 0.346 e. The second-order valence-electron chi connectivity index (χ2n) is 2.86. The van der Waals surface area contributed by atoms with Gasteiger partial charge in [-0.05, 0) is 6.07 Å². The van der Waals surface area contributed by atoms with Crippen LogP contribution in [0.4, 0.5) is 4.39 Å². The first-order valence-corrected chi connectivity index (χ1v) is 4.21. The Morgan fingerprint density at radius 2 is 2.13 bits per heavy atom. The van der Waals surface area contributed by atoms with Crippen molar-refractivity contribution in [2.24, 2.45) is 0 Å². The Morgan fingerprint density at radius 1 is 1.47 bits per heavy atom. The first kappa shape index (κ1) is 11.1. The average molecular weight is 212 g/mol. The highest BCUT2D eigenvalue weighted by Crippen LogP contribution is 2.05. The minimum atomic E-state index is -0.797. The molecule has 1 rings (SSSR count). The van der Waals surface area contributed by atoms with Crippen molar-refractivity contribution in [2.75, 3.05) is 6.54 Å². The van der Waals surface area contributed by atoms with Crippen LogP contribution < -0.4 is 5.32 Å².